The van der Waals surface area contributed by atoms with Gasteiger partial charge < -0.3 is 5.32 Å². The van der Waals surface area contributed by atoms with Crippen molar-refractivity contribution in [1.29, 1.82) is 0 Å². The highest BCUT2D eigenvalue weighted by Gasteiger charge is 2.53. The molecule has 3 rings (SSSR count). The Balaban J connectivity index is 1.51. The Labute approximate surface area is 101 Å². The van der Waals surface area contributed by atoms with Gasteiger partial charge in [-0.15, -0.1) is 11.3 Å². The molecular weight excluding hydrogens is 216 g/mol. The Morgan fingerprint density at radius 2 is 2.12 bits per heavy atom. The SMILES string of the molecule is Cc1nc(C)c(CNCC2(C3CC3)CC2)s1. The summed E-state index contributed by atoms with van der Waals surface area (Å²) in [4.78, 5) is 5.89. The molecule has 0 spiro atoms. The minimum absolute atomic E-state index is 0.716. The zero-order valence-corrected chi connectivity index (χ0v) is 11.0. The van der Waals surface area contributed by atoms with Crippen LogP contribution in [-0.2, 0) is 6.54 Å². The lowest BCUT2D eigenvalue weighted by atomic mass is 10.0. The highest BCUT2D eigenvalue weighted by molar-refractivity contribution is 7.11. The summed E-state index contributed by atoms with van der Waals surface area (Å²) in [5.41, 5.74) is 1.93. The normalized spacial score (nSPS) is 22.4. The number of nitrogens with zero attached hydrogens (tertiary/aromatic N) is 1. The van der Waals surface area contributed by atoms with Gasteiger partial charge in [0.25, 0.3) is 0 Å². The number of nitrogens with one attached hydrogen (secondary N) is 1. The van der Waals surface area contributed by atoms with E-state index >= 15 is 0 Å². The van der Waals surface area contributed by atoms with Crippen LogP contribution in [0.4, 0.5) is 0 Å². The third kappa shape index (κ3) is 2.03. The van der Waals surface area contributed by atoms with Gasteiger partial charge in [-0.2, -0.15) is 0 Å². The fourth-order valence-electron chi connectivity index (χ4n) is 2.75. The van der Waals surface area contributed by atoms with E-state index in [-0.39, 0.29) is 0 Å². The molecule has 0 aromatic carbocycles. The first-order chi connectivity index (χ1) is 7.70. The monoisotopic (exact) mass is 236 g/mol. The quantitative estimate of drug-likeness (QED) is 0.850. The van der Waals surface area contributed by atoms with Crippen molar-refractivity contribution in [2.24, 2.45) is 11.3 Å². The Bertz CT molecular complexity index is 389. The van der Waals surface area contributed by atoms with Crippen LogP contribution < -0.4 is 5.32 Å². The summed E-state index contributed by atoms with van der Waals surface area (Å²) in [6, 6.07) is 0. The van der Waals surface area contributed by atoms with E-state index in [0.29, 0.717) is 5.41 Å². The minimum Gasteiger partial charge on any atom is -0.311 e. The van der Waals surface area contributed by atoms with E-state index in [1.54, 1.807) is 0 Å². The second-order valence-electron chi connectivity index (χ2n) is 5.48. The molecule has 2 nitrogen and oxygen atoms in total. The van der Waals surface area contributed by atoms with Crippen molar-refractivity contribution in [1.82, 2.24) is 10.3 Å². The molecule has 1 N–H and O–H groups in total. The first-order valence-corrected chi connectivity index (χ1v) is 7.15. The molecule has 2 saturated carbocycles. The average Bonchev–Trinajstić information content (AvgIpc) is 3.10. The van der Waals surface area contributed by atoms with Crippen molar-refractivity contribution >= 4 is 11.3 Å². The van der Waals surface area contributed by atoms with Crippen LogP contribution in [-0.4, -0.2) is 11.5 Å². The predicted octanol–water partition coefficient (Wildman–Crippen LogP) is 3.04. The van der Waals surface area contributed by atoms with Crippen LogP contribution in [0.3, 0.4) is 0 Å². The van der Waals surface area contributed by atoms with E-state index in [4.69, 9.17) is 0 Å². The molecule has 88 valence electrons. The van der Waals surface area contributed by atoms with Crippen LogP contribution >= 0.6 is 11.3 Å². The summed E-state index contributed by atoms with van der Waals surface area (Å²) in [7, 11) is 0. The van der Waals surface area contributed by atoms with E-state index < -0.39 is 0 Å². The van der Waals surface area contributed by atoms with Crippen LogP contribution in [0.5, 0.6) is 0 Å². The van der Waals surface area contributed by atoms with Crippen LogP contribution in [0.2, 0.25) is 0 Å². The van der Waals surface area contributed by atoms with Gasteiger partial charge in [0.1, 0.15) is 0 Å². The Kier molecular flexibility index (Phi) is 2.55. The molecular formula is C13H20N2S. The smallest absolute Gasteiger partial charge is 0.0900 e. The average molecular weight is 236 g/mol. The predicted molar refractivity (Wildman–Crippen MR) is 67.7 cm³/mol. The summed E-state index contributed by atoms with van der Waals surface area (Å²) in [6.45, 7) is 6.46. The Morgan fingerprint density at radius 3 is 2.62 bits per heavy atom. The van der Waals surface area contributed by atoms with Gasteiger partial charge in [0, 0.05) is 18.0 Å². The van der Waals surface area contributed by atoms with Crippen LogP contribution in [0.25, 0.3) is 0 Å². The lowest BCUT2D eigenvalue weighted by Crippen LogP contribution is -2.24. The standard InChI is InChI=1S/C13H20N2S/c1-9-12(16-10(2)15-9)7-14-8-13(5-6-13)11-3-4-11/h11,14H,3-8H2,1-2H3. The molecule has 0 unspecified atom stereocenters. The second-order valence-corrected chi connectivity index (χ2v) is 6.77. The molecule has 2 fully saturated rings. The van der Waals surface area contributed by atoms with Crippen molar-refractivity contribution < 1.29 is 0 Å². The molecule has 16 heavy (non-hydrogen) atoms. The summed E-state index contributed by atoms with van der Waals surface area (Å²) >= 11 is 1.84. The first-order valence-electron chi connectivity index (χ1n) is 6.33. The van der Waals surface area contributed by atoms with Crippen LogP contribution in [0.15, 0.2) is 0 Å². The first kappa shape index (κ1) is 10.7. The summed E-state index contributed by atoms with van der Waals surface area (Å²) in [5.74, 6) is 1.06. The molecule has 1 aromatic heterocycles. The Morgan fingerprint density at radius 1 is 1.38 bits per heavy atom. The lowest BCUT2D eigenvalue weighted by Gasteiger charge is -2.14. The maximum Gasteiger partial charge on any atom is 0.0900 e. The summed E-state index contributed by atoms with van der Waals surface area (Å²) < 4.78 is 0. The van der Waals surface area contributed by atoms with Gasteiger partial charge >= 0.3 is 0 Å². The maximum absolute atomic E-state index is 4.47. The van der Waals surface area contributed by atoms with Crippen molar-refractivity contribution in [2.75, 3.05) is 6.54 Å². The van der Waals surface area contributed by atoms with Crippen molar-refractivity contribution in [3.05, 3.63) is 15.6 Å². The van der Waals surface area contributed by atoms with Crippen molar-refractivity contribution in [2.45, 2.75) is 46.1 Å². The number of thiazole rings is 1. The fourth-order valence-corrected chi connectivity index (χ4v) is 3.65. The topological polar surface area (TPSA) is 24.9 Å². The van der Waals surface area contributed by atoms with Gasteiger partial charge in [0.2, 0.25) is 0 Å². The fraction of sp³-hybridized carbons (Fsp3) is 0.769. The second kappa shape index (κ2) is 3.81. The van der Waals surface area contributed by atoms with E-state index in [0.717, 1.165) is 12.5 Å². The Hall–Kier alpha value is -0.410. The molecule has 0 amide bonds. The number of aryl methyl sites for hydroxylation is 2. The highest BCUT2D eigenvalue weighted by atomic mass is 32.1. The van der Waals surface area contributed by atoms with E-state index in [1.165, 1.54) is 47.8 Å². The molecule has 2 aliphatic carbocycles. The van der Waals surface area contributed by atoms with Gasteiger partial charge in [-0.3, -0.25) is 0 Å². The summed E-state index contributed by atoms with van der Waals surface area (Å²) in [5, 5.41) is 4.84. The molecule has 0 saturated heterocycles. The highest BCUT2D eigenvalue weighted by Crippen LogP contribution is 2.60. The summed E-state index contributed by atoms with van der Waals surface area (Å²) in [6.07, 6.45) is 5.90. The van der Waals surface area contributed by atoms with Gasteiger partial charge in [-0.25, -0.2) is 4.98 Å². The van der Waals surface area contributed by atoms with Crippen molar-refractivity contribution in [3.8, 4) is 0 Å². The molecule has 3 heteroatoms. The third-order valence-corrected chi connectivity index (χ3v) is 5.17. The minimum atomic E-state index is 0.716. The number of hydrogen-bond donors (Lipinski definition) is 1. The zero-order chi connectivity index (χ0) is 11.2. The van der Waals surface area contributed by atoms with E-state index in [2.05, 4.69) is 24.1 Å². The molecule has 0 radical (unpaired) electrons. The van der Waals surface area contributed by atoms with Gasteiger partial charge in [0.05, 0.1) is 10.7 Å². The number of aromatic nitrogens is 1. The molecule has 1 heterocycles. The van der Waals surface area contributed by atoms with Crippen LogP contribution in [0.1, 0.15) is 41.3 Å². The van der Waals surface area contributed by atoms with Gasteiger partial charge in [-0.1, -0.05) is 0 Å². The lowest BCUT2D eigenvalue weighted by molar-refractivity contribution is 0.404. The van der Waals surface area contributed by atoms with Gasteiger partial charge in [0.15, 0.2) is 0 Å². The largest absolute Gasteiger partial charge is 0.311 e. The van der Waals surface area contributed by atoms with Crippen molar-refractivity contribution in [3.63, 3.8) is 0 Å². The number of rotatable bonds is 5. The molecule has 0 bridgehead atoms. The zero-order valence-electron chi connectivity index (χ0n) is 10.2. The molecule has 0 atom stereocenters. The number of hydrogen-bond acceptors (Lipinski definition) is 3. The van der Waals surface area contributed by atoms with Gasteiger partial charge in [-0.05, 0) is 50.9 Å². The third-order valence-electron chi connectivity index (χ3n) is 4.10. The molecule has 0 aliphatic heterocycles. The molecule has 1 aromatic rings. The molecule has 2 aliphatic rings. The van der Waals surface area contributed by atoms with Crippen LogP contribution in [0, 0.1) is 25.2 Å². The van der Waals surface area contributed by atoms with E-state index in [9.17, 15) is 0 Å². The maximum atomic E-state index is 4.47. The van der Waals surface area contributed by atoms with E-state index in [1.807, 2.05) is 11.3 Å².